The van der Waals surface area contributed by atoms with Crippen LogP contribution in [0.2, 0.25) is 0 Å². The normalized spacial score (nSPS) is 20.6. The van der Waals surface area contributed by atoms with E-state index in [2.05, 4.69) is 5.32 Å². The second-order valence-electron chi connectivity index (χ2n) is 4.23. The first kappa shape index (κ1) is 13.0. The molecule has 1 aromatic rings. The van der Waals surface area contributed by atoms with Crippen LogP contribution in [-0.4, -0.2) is 30.2 Å². The molecule has 0 radical (unpaired) electrons. The minimum atomic E-state index is -0.920. The number of carboxylic acids is 1. The average Bonchev–Trinajstić information content (AvgIpc) is 3.01. The van der Waals surface area contributed by atoms with Crippen molar-refractivity contribution < 1.29 is 19.4 Å². The summed E-state index contributed by atoms with van der Waals surface area (Å²) in [5.41, 5.74) is 0. The molecule has 1 aromatic heterocycles. The second kappa shape index (κ2) is 5.97. The van der Waals surface area contributed by atoms with E-state index in [1.165, 1.54) is 11.3 Å². The summed E-state index contributed by atoms with van der Waals surface area (Å²) in [5.74, 6) is -1.19. The number of rotatable bonds is 5. The van der Waals surface area contributed by atoms with Gasteiger partial charge in [-0.05, 0) is 17.9 Å². The molecule has 0 spiro atoms. The number of amides is 1. The zero-order valence-electron chi connectivity index (χ0n) is 9.80. The van der Waals surface area contributed by atoms with Gasteiger partial charge in [-0.1, -0.05) is 6.07 Å². The van der Waals surface area contributed by atoms with Crippen molar-refractivity contribution in [1.82, 2.24) is 5.32 Å². The highest BCUT2D eigenvalue weighted by Gasteiger charge is 2.27. The van der Waals surface area contributed by atoms with E-state index in [9.17, 15) is 9.59 Å². The number of hydrogen-bond donors (Lipinski definition) is 2. The summed E-state index contributed by atoms with van der Waals surface area (Å²) in [6.07, 6.45) is 0.607. The monoisotopic (exact) mass is 269 g/mol. The summed E-state index contributed by atoms with van der Waals surface area (Å²) in [5, 5.41) is 13.6. The molecule has 0 saturated carbocycles. The lowest BCUT2D eigenvalue weighted by Crippen LogP contribution is -2.35. The van der Waals surface area contributed by atoms with Crippen LogP contribution < -0.4 is 5.32 Å². The van der Waals surface area contributed by atoms with E-state index in [0.717, 1.165) is 4.88 Å². The second-order valence-corrected chi connectivity index (χ2v) is 5.21. The molecule has 0 aromatic carbocycles. The van der Waals surface area contributed by atoms with E-state index in [1.807, 2.05) is 17.5 Å². The lowest BCUT2D eigenvalue weighted by Gasteiger charge is -2.17. The van der Waals surface area contributed by atoms with Gasteiger partial charge in [0.25, 0.3) is 0 Å². The molecule has 5 nitrogen and oxygen atoms in total. The van der Waals surface area contributed by atoms with Crippen LogP contribution in [0.25, 0.3) is 0 Å². The fraction of sp³-hybridized carbons (Fsp3) is 0.500. The number of hydrogen-bond acceptors (Lipinski definition) is 4. The molecule has 0 bridgehead atoms. The smallest absolute Gasteiger partial charge is 0.305 e. The molecule has 1 saturated heterocycles. The number of aliphatic carboxylic acids is 1. The highest BCUT2D eigenvalue weighted by Crippen LogP contribution is 2.23. The maximum Gasteiger partial charge on any atom is 0.305 e. The Balaban J connectivity index is 2.00. The molecule has 2 atom stereocenters. The fourth-order valence-corrected chi connectivity index (χ4v) is 2.70. The Labute approximate surface area is 109 Å². The van der Waals surface area contributed by atoms with E-state index in [4.69, 9.17) is 9.84 Å². The maximum atomic E-state index is 12.0. The summed E-state index contributed by atoms with van der Waals surface area (Å²) in [7, 11) is 0. The Morgan fingerprint density at radius 3 is 3.00 bits per heavy atom. The summed E-state index contributed by atoms with van der Waals surface area (Å²) in [4.78, 5) is 23.7. The largest absolute Gasteiger partial charge is 0.481 e. The van der Waals surface area contributed by atoms with E-state index in [0.29, 0.717) is 19.6 Å². The van der Waals surface area contributed by atoms with Gasteiger partial charge >= 0.3 is 5.97 Å². The van der Waals surface area contributed by atoms with Crippen molar-refractivity contribution in [3.05, 3.63) is 22.4 Å². The van der Waals surface area contributed by atoms with Gasteiger partial charge in [0.1, 0.15) is 0 Å². The van der Waals surface area contributed by atoms with Gasteiger partial charge in [-0.15, -0.1) is 11.3 Å². The fourth-order valence-electron chi connectivity index (χ4n) is 1.92. The van der Waals surface area contributed by atoms with Crippen molar-refractivity contribution in [3.8, 4) is 0 Å². The third-order valence-corrected chi connectivity index (χ3v) is 3.87. The van der Waals surface area contributed by atoms with Gasteiger partial charge in [0.05, 0.1) is 25.0 Å². The van der Waals surface area contributed by atoms with Crippen LogP contribution in [0.15, 0.2) is 17.5 Å². The average molecular weight is 269 g/mol. The third kappa shape index (κ3) is 3.30. The molecule has 2 rings (SSSR count). The first-order chi connectivity index (χ1) is 8.66. The topological polar surface area (TPSA) is 75.6 Å². The Hall–Kier alpha value is -1.40. The molecule has 0 unspecified atom stereocenters. The Bertz CT molecular complexity index is 412. The van der Waals surface area contributed by atoms with Gasteiger partial charge in [0.2, 0.25) is 5.91 Å². The van der Waals surface area contributed by atoms with E-state index >= 15 is 0 Å². The van der Waals surface area contributed by atoms with E-state index < -0.39 is 12.0 Å². The van der Waals surface area contributed by atoms with Crippen LogP contribution in [0.4, 0.5) is 0 Å². The van der Waals surface area contributed by atoms with Crippen molar-refractivity contribution in [2.45, 2.75) is 18.9 Å². The van der Waals surface area contributed by atoms with Crippen LogP contribution in [0, 0.1) is 5.92 Å². The highest BCUT2D eigenvalue weighted by molar-refractivity contribution is 7.10. The summed E-state index contributed by atoms with van der Waals surface area (Å²) in [6, 6.07) is 3.24. The number of ether oxygens (including phenoxy) is 1. The van der Waals surface area contributed by atoms with Crippen LogP contribution in [0.5, 0.6) is 0 Å². The predicted molar refractivity (Wildman–Crippen MR) is 66.4 cm³/mol. The minimum absolute atomic E-state index is 0.0974. The van der Waals surface area contributed by atoms with Gasteiger partial charge < -0.3 is 15.2 Å². The third-order valence-electron chi connectivity index (χ3n) is 2.88. The molecule has 0 aliphatic carbocycles. The maximum absolute atomic E-state index is 12.0. The van der Waals surface area contributed by atoms with Gasteiger partial charge in [-0.2, -0.15) is 0 Å². The van der Waals surface area contributed by atoms with Crippen molar-refractivity contribution in [2.24, 2.45) is 5.92 Å². The summed E-state index contributed by atoms with van der Waals surface area (Å²) in [6.45, 7) is 1.02. The van der Waals surface area contributed by atoms with Gasteiger partial charge in [-0.25, -0.2) is 0 Å². The number of nitrogens with one attached hydrogen (secondary N) is 1. The van der Waals surface area contributed by atoms with Gasteiger partial charge in [-0.3, -0.25) is 9.59 Å². The summed E-state index contributed by atoms with van der Waals surface area (Å²) < 4.78 is 5.16. The standard InChI is InChI=1S/C12H15NO4S/c14-11(15)6-9(10-2-1-5-18-10)13-12(16)8-3-4-17-7-8/h1-2,5,8-9H,3-4,6-7H2,(H,13,16)(H,14,15)/t8-,9-/m1/s1. The van der Waals surface area contributed by atoms with Gasteiger partial charge in [0.15, 0.2) is 0 Å². The number of carboxylic acid groups (broad SMARTS) is 1. The first-order valence-corrected chi connectivity index (χ1v) is 6.68. The first-order valence-electron chi connectivity index (χ1n) is 5.80. The molecule has 1 aliphatic heterocycles. The molecule has 1 amide bonds. The zero-order valence-corrected chi connectivity index (χ0v) is 10.6. The molecule has 2 heterocycles. The Kier molecular flexibility index (Phi) is 4.33. The summed E-state index contributed by atoms with van der Waals surface area (Å²) >= 11 is 1.45. The van der Waals surface area contributed by atoms with Crippen molar-refractivity contribution >= 4 is 23.2 Å². The van der Waals surface area contributed by atoms with Crippen LogP contribution in [-0.2, 0) is 14.3 Å². The lowest BCUT2D eigenvalue weighted by atomic mass is 10.1. The molecule has 1 fully saturated rings. The van der Waals surface area contributed by atoms with Crippen LogP contribution >= 0.6 is 11.3 Å². The van der Waals surface area contributed by atoms with Crippen LogP contribution in [0.1, 0.15) is 23.8 Å². The predicted octanol–water partition coefficient (Wildman–Crippen LogP) is 1.42. The quantitative estimate of drug-likeness (QED) is 0.847. The Morgan fingerprint density at radius 2 is 2.44 bits per heavy atom. The molecule has 18 heavy (non-hydrogen) atoms. The highest BCUT2D eigenvalue weighted by atomic mass is 32.1. The minimum Gasteiger partial charge on any atom is -0.481 e. The molecular formula is C12H15NO4S. The van der Waals surface area contributed by atoms with Crippen molar-refractivity contribution in [1.29, 1.82) is 0 Å². The van der Waals surface area contributed by atoms with Crippen molar-refractivity contribution in [2.75, 3.05) is 13.2 Å². The molecular weight excluding hydrogens is 254 g/mol. The van der Waals surface area contributed by atoms with E-state index in [1.54, 1.807) is 0 Å². The molecule has 6 heteroatoms. The molecule has 1 aliphatic rings. The van der Waals surface area contributed by atoms with Crippen molar-refractivity contribution in [3.63, 3.8) is 0 Å². The molecule has 98 valence electrons. The number of carbonyl (C=O) groups excluding carboxylic acids is 1. The SMILES string of the molecule is O=C(O)C[C@@H](NC(=O)[C@@H]1CCOC1)c1cccs1. The lowest BCUT2D eigenvalue weighted by molar-refractivity contribution is -0.137. The number of thiophene rings is 1. The van der Waals surface area contributed by atoms with E-state index in [-0.39, 0.29) is 18.2 Å². The zero-order chi connectivity index (χ0) is 13.0. The van der Waals surface area contributed by atoms with Gasteiger partial charge in [0, 0.05) is 11.5 Å². The number of carbonyl (C=O) groups is 2. The Morgan fingerprint density at radius 1 is 1.61 bits per heavy atom. The molecule has 2 N–H and O–H groups in total. The van der Waals surface area contributed by atoms with Crippen LogP contribution in [0.3, 0.4) is 0 Å².